The van der Waals surface area contributed by atoms with Crippen LogP contribution >= 0.6 is 0 Å². The van der Waals surface area contributed by atoms with Crippen LogP contribution in [0.5, 0.6) is 0 Å². The molecule has 0 aliphatic heterocycles. The average molecular weight is 353 g/mol. The largest absolute Gasteiger partial charge is 0.436 e. The molecule has 0 aliphatic rings. The summed E-state index contributed by atoms with van der Waals surface area (Å²) in [5, 5.41) is 0. The van der Waals surface area contributed by atoms with Crippen LogP contribution in [0.15, 0.2) is 71.1 Å². The number of nitrogens with zero attached hydrogens (tertiary/aromatic N) is 3. The van der Waals surface area contributed by atoms with E-state index in [1.807, 2.05) is 24.3 Å². The highest BCUT2D eigenvalue weighted by molar-refractivity contribution is 5.83. The van der Waals surface area contributed by atoms with Crippen LogP contribution in [-0.4, -0.2) is 14.5 Å². The number of para-hydroxylation sites is 2. The van der Waals surface area contributed by atoms with Gasteiger partial charge < -0.3 is 8.98 Å². The van der Waals surface area contributed by atoms with E-state index in [1.54, 1.807) is 0 Å². The summed E-state index contributed by atoms with van der Waals surface area (Å²) >= 11 is 0. The minimum atomic E-state index is 0.629. The monoisotopic (exact) mass is 353 g/mol. The first-order valence-electron chi connectivity index (χ1n) is 9.06. The molecule has 0 saturated heterocycles. The van der Waals surface area contributed by atoms with Gasteiger partial charge in [0, 0.05) is 12.1 Å². The van der Waals surface area contributed by atoms with Gasteiger partial charge in [0.1, 0.15) is 11.3 Å². The first-order chi connectivity index (χ1) is 13.2. The van der Waals surface area contributed by atoms with Gasteiger partial charge in [-0.25, -0.2) is 9.97 Å². The highest BCUT2D eigenvalue weighted by atomic mass is 16.3. The van der Waals surface area contributed by atoms with Crippen LogP contribution in [-0.2, 0) is 6.54 Å². The second-order valence-corrected chi connectivity index (χ2v) is 6.92. The van der Waals surface area contributed by atoms with Crippen molar-refractivity contribution in [2.75, 3.05) is 0 Å². The number of aromatic nitrogens is 3. The van der Waals surface area contributed by atoms with Crippen molar-refractivity contribution in [1.82, 2.24) is 14.5 Å². The van der Waals surface area contributed by atoms with Crippen molar-refractivity contribution in [2.24, 2.45) is 0 Å². The highest BCUT2D eigenvalue weighted by Gasteiger charge is 2.12. The number of rotatable bonds is 3. The predicted molar refractivity (Wildman–Crippen MR) is 108 cm³/mol. The number of imidazole rings is 1. The first kappa shape index (κ1) is 15.8. The summed E-state index contributed by atoms with van der Waals surface area (Å²) in [6.07, 6.45) is 0. The van der Waals surface area contributed by atoms with Crippen molar-refractivity contribution in [1.29, 1.82) is 0 Å². The summed E-state index contributed by atoms with van der Waals surface area (Å²) in [5.74, 6) is 1.63. The van der Waals surface area contributed by atoms with Gasteiger partial charge in [-0.15, -0.1) is 0 Å². The van der Waals surface area contributed by atoms with Gasteiger partial charge in [0.15, 0.2) is 5.58 Å². The zero-order valence-electron chi connectivity index (χ0n) is 15.3. The summed E-state index contributed by atoms with van der Waals surface area (Å²) in [4.78, 5) is 9.36. The summed E-state index contributed by atoms with van der Waals surface area (Å²) in [7, 11) is 0. The Morgan fingerprint density at radius 3 is 2.59 bits per heavy atom. The average Bonchev–Trinajstić information content (AvgIpc) is 3.23. The third kappa shape index (κ3) is 2.79. The van der Waals surface area contributed by atoms with E-state index in [2.05, 4.69) is 65.9 Å². The molecule has 0 saturated carbocycles. The van der Waals surface area contributed by atoms with Gasteiger partial charge in [-0.1, -0.05) is 42.0 Å². The van der Waals surface area contributed by atoms with E-state index in [-0.39, 0.29) is 0 Å². The number of aryl methyl sites for hydroxylation is 2. The Kier molecular flexibility index (Phi) is 3.57. The molecule has 0 bridgehead atoms. The molecule has 2 aromatic heterocycles. The van der Waals surface area contributed by atoms with Crippen LogP contribution < -0.4 is 0 Å². The number of hydrogen-bond donors (Lipinski definition) is 0. The Balaban J connectivity index is 1.57. The van der Waals surface area contributed by atoms with Gasteiger partial charge in [-0.3, -0.25) is 0 Å². The fourth-order valence-electron chi connectivity index (χ4n) is 3.57. The number of benzene rings is 3. The smallest absolute Gasteiger partial charge is 0.227 e. The molecule has 5 rings (SSSR count). The summed E-state index contributed by atoms with van der Waals surface area (Å²) in [6, 6.07) is 22.6. The molecule has 2 heterocycles. The van der Waals surface area contributed by atoms with Crippen LogP contribution in [0.2, 0.25) is 0 Å². The SMILES string of the molecule is Cc1cccc(Cn2c(C)nc3cc(-c4nc5ccccc5o4)ccc32)c1. The number of fused-ring (bicyclic) bond motifs is 2. The Bertz CT molecular complexity index is 1250. The lowest BCUT2D eigenvalue weighted by molar-refractivity contribution is 0.620. The number of hydrogen-bond acceptors (Lipinski definition) is 3. The third-order valence-electron chi connectivity index (χ3n) is 4.90. The molecule has 5 aromatic rings. The van der Waals surface area contributed by atoms with Gasteiger partial charge in [-0.2, -0.15) is 0 Å². The van der Waals surface area contributed by atoms with Crippen LogP contribution in [0.1, 0.15) is 17.0 Å². The molecular weight excluding hydrogens is 334 g/mol. The van der Waals surface area contributed by atoms with E-state index < -0.39 is 0 Å². The van der Waals surface area contributed by atoms with E-state index in [4.69, 9.17) is 9.40 Å². The van der Waals surface area contributed by atoms with Crippen molar-refractivity contribution in [3.05, 3.63) is 83.7 Å². The van der Waals surface area contributed by atoms with Crippen molar-refractivity contribution >= 4 is 22.1 Å². The molecule has 0 N–H and O–H groups in total. The first-order valence-corrected chi connectivity index (χ1v) is 9.06. The van der Waals surface area contributed by atoms with Crippen LogP contribution in [0.3, 0.4) is 0 Å². The molecule has 4 nitrogen and oxygen atoms in total. The highest BCUT2D eigenvalue weighted by Crippen LogP contribution is 2.27. The Morgan fingerprint density at radius 2 is 1.74 bits per heavy atom. The molecule has 0 unspecified atom stereocenters. The maximum Gasteiger partial charge on any atom is 0.227 e. The van der Waals surface area contributed by atoms with Crippen molar-refractivity contribution < 1.29 is 4.42 Å². The Labute approximate surface area is 157 Å². The molecule has 3 aromatic carbocycles. The lowest BCUT2D eigenvalue weighted by Gasteiger charge is -2.08. The fourth-order valence-corrected chi connectivity index (χ4v) is 3.57. The maximum atomic E-state index is 5.90. The standard InChI is InChI=1S/C23H19N3O/c1-15-6-5-7-17(12-15)14-26-16(2)24-20-13-18(10-11-21(20)26)23-25-19-8-3-4-9-22(19)27-23/h3-13H,14H2,1-2H3. The summed E-state index contributed by atoms with van der Waals surface area (Å²) < 4.78 is 8.15. The zero-order valence-corrected chi connectivity index (χ0v) is 15.3. The van der Waals surface area contributed by atoms with Gasteiger partial charge >= 0.3 is 0 Å². The fraction of sp³-hybridized carbons (Fsp3) is 0.130. The van der Waals surface area contributed by atoms with Crippen LogP contribution in [0.4, 0.5) is 0 Å². The van der Waals surface area contributed by atoms with Gasteiger partial charge in [-0.05, 0) is 49.7 Å². The van der Waals surface area contributed by atoms with Gasteiger partial charge in [0.2, 0.25) is 5.89 Å². The van der Waals surface area contributed by atoms with E-state index >= 15 is 0 Å². The van der Waals surface area contributed by atoms with Crippen LogP contribution in [0.25, 0.3) is 33.6 Å². The van der Waals surface area contributed by atoms with E-state index in [1.165, 1.54) is 11.1 Å². The van der Waals surface area contributed by atoms with Gasteiger partial charge in [0.25, 0.3) is 0 Å². The quantitative estimate of drug-likeness (QED) is 0.429. The molecule has 0 radical (unpaired) electrons. The van der Waals surface area contributed by atoms with E-state index in [0.29, 0.717) is 5.89 Å². The Hall–Kier alpha value is -3.40. The molecule has 0 atom stereocenters. The molecule has 0 aliphatic carbocycles. The maximum absolute atomic E-state index is 5.90. The summed E-state index contributed by atoms with van der Waals surface area (Å²) in [6.45, 7) is 4.98. The second-order valence-electron chi connectivity index (χ2n) is 6.92. The molecule has 132 valence electrons. The Morgan fingerprint density at radius 1 is 0.852 bits per heavy atom. The lowest BCUT2D eigenvalue weighted by atomic mass is 10.1. The number of oxazole rings is 1. The van der Waals surface area contributed by atoms with E-state index in [0.717, 1.165) is 40.1 Å². The normalized spacial score (nSPS) is 11.5. The second kappa shape index (κ2) is 6.09. The predicted octanol–water partition coefficient (Wildman–Crippen LogP) is 5.51. The topological polar surface area (TPSA) is 43.9 Å². The third-order valence-corrected chi connectivity index (χ3v) is 4.90. The molecule has 0 amide bonds. The summed E-state index contributed by atoms with van der Waals surface area (Å²) in [5.41, 5.74) is 7.24. The van der Waals surface area contributed by atoms with Crippen molar-refractivity contribution in [2.45, 2.75) is 20.4 Å². The van der Waals surface area contributed by atoms with Crippen LogP contribution in [0, 0.1) is 13.8 Å². The zero-order chi connectivity index (χ0) is 18.4. The molecule has 4 heteroatoms. The molecule has 0 spiro atoms. The molecular formula is C23H19N3O. The molecule has 27 heavy (non-hydrogen) atoms. The van der Waals surface area contributed by atoms with Crippen molar-refractivity contribution in [3.8, 4) is 11.5 Å². The molecule has 0 fully saturated rings. The van der Waals surface area contributed by atoms with Gasteiger partial charge in [0.05, 0.1) is 11.0 Å². The van der Waals surface area contributed by atoms with E-state index in [9.17, 15) is 0 Å². The minimum Gasteiger partial charge on any atom is -0.436 e. The lowest BCUT2D eigenvalue weighted by Crippen LogP contribution is -2.02. The van der Waals surface area contributed by atoms with Crippen molar-refractivity contribution in [3.63, 3.8) is 0 Å². The minimum absolute atomic E-state index is 0.629.